The van der Waals surface area contributed by atoms with Gasteiger partial charge in [-0.1, -0.05) is 0 Å². The second-order valence-electron chi connectivity index (χ2n) is 8.87. The molecule has 0 amide bonds. The first kappa shape index (κ1) is 29.9. The molecule has 0 aliphatic heterocycles. The molecule has 41 heavy (non-hydrogen) atoms. The minimum Gasteiger partial charge on any atom is -0.493 e. The third kappa shape index (κ3) is 6.98. The van der Waals surface area contributed by atoms with Crippen LogP contribution >= 0.6 is 22.7 Å². The second kappa shape index (κ2) is 13.0. The molecule has 0 bridgehead atoms. The molecule has 1 aromatic carbocycles. The van der Waals surface area contributed by atoms with Crippen LogP contribution in [0, 0.1) is 5.82 Å². The number of rotatable bonds is 15. The van der Waals surface area contributed by atoms with Crippen LogP contribution in [0.5, 0.6) is 23.1 Å². The van der Waals surface area contributed by atoms with Crippen molar-refractivity contribution >= 4 is 66.3 Å². The standard InChI is InChI=1S/C28H26FNO9S2/c1-14(31)4-5-17(32)23-10-15-21(40-23)12-19(36-2)27(26(15)29)38-8-9-39-28-20(37-3)13-22-16(30-28)11-24(41-22)18(33)6-7-25(34)35/h10-13H,4-9H2,1-3H3,(H,34,35). The smallest absolute Gasteiger partial charge is 0.303 e. The van der Waals surface area contributed by atoms with Gasteiger partial charge >= 0.3 is 5.97 Å². The van der Waals surface area contributed by atoms with Gasteiger partial charge in [0.05, 0.1) is 40.6 Å². The molecule has 3 aromatic heterocycles. The number of hydrogen-bond donors (Lipinski definition) is 1. The number of carboxylic acids is 1. The summed E-state index contributed by atoms with van der Waals surface area (Å²) in [6.45, 7) is 1.29. The average molecular weight is 604 g/mol. The predicted octanol–water partition coefficient (Wildman–Crippen LogP) is 5.72. The minimum atomic E-state index is -1.05. The van der Waals surface area contributed by atoms with Crippen LogP contribution in [-0.2, 0) is 9.59 Å². The van der Waals surface area contributed by atoms with E-state index in [1.165, 1.54) is 38.5 Å². The summed E-state index contributed by atoms with van der Waals surface area (Å²) < 4.78 is 38.7. The zero-order chi connectivity index (χ0) is 29.7. The summed E-state index contributed by atoms with van der Waals surface area (Å²) in [4.78, 5) is 51.9. The van der Waals surface area contributed by atoms with Crippen molar-refractivity contribution in [2.75, 3.05) is 27.4 Å². The predicted molar refractivity (Wildman–Crippen MR) is 151 cm³/mol. The van der Waals surface area contributed by atoms with Crippen LogP contribution in [0.4, 0.5) is 4.39 Å². The zero-order valence-electron chi connectivity index (χ0n) is 22.4. The Hall–Kier alpha value is -4.10. The number of fused-ring (bicyclic) bond motifs is 2. The van der Waals surface area contributed by atoms with Gasteiger partial charge in [-0.05, 0) is 19.1 Å². The Balaban J connectivity index is 1.46. The number of aliphatic carboxylic acids is 1. The molecule has 3 heterocycles. The molecule has 0 unspecified atom stereocenters. The summed E-state index contributed by atoms with van der Waals surface area (Å²) in [5, 5.41) is 9.03. The zero-order valence-corrected chi connectivity index (χ0v) is 24.0. The number of aromatic nitrogens is 1. The molecule has 0 spiro atoms. The molecule has 4 rings (SSSR count). The van der Waals surface area contributed by atoms with Crippen molar-refractivity contribution in [3.05, 3.63) is 39.8 Å². The van der Waals surface area contributed by atoms with Crippen LogP contribution in [0.2, 0.25) is 0 Å². The summed E-state index contributed by atoms with van der Waals surface area (Å²) in [5.74, 6) is -1.90. The number of carboxylic acid groups (broad SMARTS) is 1. The lowest BCUT2D eigenvalue weighted by Gasteiger charge is -2.13. The Morgan fingerprint density at radius 3 is 2.10 bits per heavy atom. The highest BCUT2D eigenvalue weighted by atomic mass is 32.1. The summed E-state index contributed by atoms with van der Waals surface area (Å²) in [7, 11) is 2.82. The van der Waals surface area contributed by atoms with E-state index in [0.717, 1.165) is 11.3 Å². The van der Waals surface area contributed by atoms with E-state index in [2.05, 4.69) is 4.98 Å². The van der Waals surface area contributed by atoms with Gasteiger partial charge < -0.3 is 28.8 Å². The van der Waals surface area contributed by atoms with Gasteiger partial charge in [-0.25, -0.2) is 9.37 Å². The first-order chi connectivity index (χ1) is 19.6. The van der Waals surface area contributed by atoms with E-state index in [0.29, 0.717) is 30.4 Å². The molecule has 216 valence electrons. The number of carbonyl (C=O) groups excluding carboxylic acids is 3. The lowest BCUT2D eigenvalue weighted by molar-refractivity contribution is -0.137. The van der Waals surface area contributed by atoms with Gasteiger partial charge in [0.2, 0.25) is 0 Å². The topological polar surface area (TPSA) is 138 Å². The fourth-order valence-electron chi connectivity index (χ4n) is 3.88. The number of methoxy groups -OCH3 is 2. The van der Waals surface area contributed by atoms with E-state index in [9.17, 15) is 19.2 Å². The summed E-state index contributed by atoms with van der Waals surface area (Å²) in [6.07, 6.45) is -0.199. The SMILES string of the molecule is COc1cc2sc(C(=O)CCC(=O)O)cc2nc1OCCOc1c(OC)cc2sc(C(=O)CCC(C)=O)cc2c1F. The van der Waals surface area contributed by atoms with E-state index in [1.807, 2.05) is 0 Å². The number of carbonyl (C=O) groups is 4. The molecule has 0 aliphatic carbocycles. The number of hydrogen-bond acceptors (Lipinski definition) is 11. The lowest BCUT2D eigenvalue weighted by Crippen LogP contribution is -2.11. The summed E-state index contributed by atoms with van der Waals surface area (Å²) in [5.41, 5.74) is 0.481. The second-order valence-corrected chi connectivity index (χ2v) is 11.0. The van der Waals surface area contributed by atoms with Crippen LogP contribution in [0.15, 0.2) is 24.3 Å². The molecule has 10 nitrogen and oxygen atoms in total. The molecule has 0 radical (unpaired) electrons. The molecule has 13 heteroatoms. The van der Waals surface area contributed by atoms with E-state index < -0.39 is 11.8 Å². The van der Waals surface area contributed by atoms with Crippen LogP contribution in [0.25, 0.3) is 20.3 Å². The van der Waals surface area contributed by atoms with Crippen molar-refractivity contribution < 1.29 is 47.6 Å². The molecule has 0 aliphatic rings. The number of pyridine rings is 1. The Morgan fingerprint density at radius 2 is 1.44 bits per heavy atom. The van der Waals surface area contributed by atoms with E-state index in [-0.39, 0.29) is 79.0 Å². The van der Waals surface area contributed by atoms with E-state index >= 15 is 4.39 Å². The van der Waals surface area contributed by atoms with Crippen molar-refractivity contribution in [1.82, 2.24) is 4.98 Å². The average Bonchev–Trinajstić information content (AvgIpc) is 3.57. The van der Waals surface area contributed by atoms with Gasteiger partial charge in [0, 0.05) is 41.5 Å². The highest BCUT2D eigenvalue weighted by molar-refractivity contribution is 7.21. The van der Waals surface area contributed by atoms with Gasteiger partial charge in [-0.2, -0.15) is 0 Å². The van der Waals surface area contributed by atoms with Gasteiger partial charge in [0.15, 0.2) is 34.6 Å². The van der Waals surface area contributed by atoms with Crippen molar-refractivity contribution in [3.63, 3.8) is 0 Å². The number of nitrogens with zero attached hydrogens (tertiary/aromatic N) is 1. The molecule has 0 atom stereocenters. The third-order valence-corrected chi connectivity index (χ3v) is 8.18. The van der Waals surface area contributed by atoms with Crippen molar-refractivity contribution in [1.29, 1.82) is 0 Å². The van der Waals surface area contributed by atoms with Gasteiger partial charge in [-0.3, -0.25) is 14.4 Å². The minimum absolute atomic E-state index is 0.0392. The molecule has 4 aromatic rings. The molecule has 0 saturated heterocycles. The lowest BCUT2D eigenvalue weighted by atomic mass is 10.1. The van der Waals surface area contributed by atoms with Gasteiger partial charge in [0.25, 0.3) is 5.88 Å². The first-order valence-corrected chi connectivity index (χ1v) is 14.1. The number of benzene rings is 1. The van der Waals surface area contributed by atoms with Crippen molar-refractivity contribution in [3.8, 4) is 23.1 Å². The number of ketones is 3. The monoisotopic (exact) mass is 603 g/mol. The number of halogens is 1. The first-order valence-electron chi connectivity index (χ1n) is 12.4. The normalized spacial score (nSPS) is 11.0. The maximum atomic E-state index is 15.4. The van der Waals surface area contributed by atoms with E-state index in [1.54, 1.807) is 18.2 Å². The Morgan fingerprint density at radius 1 is 0.829 bits per heavy atom. The van der Waals surface area contributed by atoms with Crippen LogP contribution in [-0.4, -0.2) is 60.8 Å². The summed E-state index contributed by atoms with van der Waals surface area (Å²) in [6, 6.07) is 6.28. The highest BCUT2D eigenvalue weighted by Crippen LogP contribution is 2.40. The van der Waals surface area contributed by atoms with Crippen molar-refractivity contribution in [2.24, 2.45) is 0 Å². The molecule has 0 saturated carbocycles. The number of ether oxygens (including phenoxy) is 4. The maximum Gasteiger partial charge on any atom is 0.303 e. The number of Topliss-reactive ketones (excluding diaryl/α,β-unsaturated/α-hetero) is 3. The fourth-order valence-corrected chi connectivity index (χ4v) is 5.93. The van der Waals surface area contributed by atoms with Crippen molar-refractivity contribution in [2.45, 2.75) is 32.6 Å². The molecule has 1 N–H and O–H groups in total. The maximum absolute atomic E-state index is 15.4. The van der Waals surface area contributed by atoms with E-state index in [4.69, 9.17) is 24.1 Å². The number of thiophene rings is 2. The van der Waals surface area contributed by atoms with Crippen LogP contribution in [0.1, 0.15) is 52.0 Å². The molecular weight excluding hydrogens is 577 g/mol. The van der Waals surface area contributed by atoms with Crippen LogP contribution in [0.3, 0.4) is 0 Å². The van der Waals surface area contributed by atoms with Gasteiger partial charge in [0.1, 0.15) is 19.0 Å². The third-order valence-electron chi connectivity index (χ3n) is 5.95. The Labute approximate surface area is 241 Å². The quantitative estimate of drug-likeness (QED) is 0.133. The van der Waals surface area contributed by atoms with Crippen LogP contribution < -0.4 is 18.9 Å². The molecule has 0 fully saturated rings. The Bertz CT molecular complexity index is 1640. The highest BCUT2D eigenvalue weighted by Gasteiger charge is 2.21. The molecular formula is C28H26FNO9S2. The largest absolute Gasteiger partial charge is 0.493 e. The Kier molecular flexibility index (Phi) is 9.50. The summed E-state index contributed by atoms with van der Waals surface area (Å²) >= 11 is 2.30. The fraction of sp³-hybridized carbons (Fsp3) is 0.321. The van der Waals surface area contributed by atoms with Gasteiger partial charge in [-0.15, -0.1) is 22.7 Å².